The highest BCUT2D eigenvalue weighted by molar-refractivity contribution is 6.62. The van der Waals surface area contributed by atoms with Crippen LogP contribution in [0.5, 0.6) is 0 Å². The van der Waals surface area contributed by atoms with E-state index in [1.165, 1.54) is 0 Å². The maximum Gasteiger partial charge on any atom is 0.494 e. The molecule has 3 N–H and O–H groups in total. The number of hydrogen-bond donors (Lipinski definition) is 3. The number of fused-ring (bicyclic) bond motifs is 3. The predicted molar refractivity (Wildman–Crippen MR) is 175 cm³/mol. The minimum absolute atomic E-state index is 0.0934. The van der Waals surface area contributed by atoms with Crippen molar-refractivity contribution in [3.05, 3.63) is 83.9 Å². The van der Waals surface area contributed by atoms with E-state index < -0.39 is 48.3 Å². The Morgan fingerprint density at radius 2 is 1.31 bits per heavy atom. The van der Waals surface area contributed by atoms with Crippen molar-refractivity contribution in [3.63, 3.8) is 0 Å². The molecule has 1 heterocycles. The standard InChI is InChI=1S/C35H42BN3O6/c1-21(2)30(39-33(42)43-20-29-27-14-10-8-12-25(27)26-13-9-11-15-28(26)29)32(41)37-22(3)31(40)38-24-18-16-23(17-19-24)36-44-34(4,5)35(6,7)45-36/h8-19,21-22,29-30H,20H2,1-7H3,(H,37,41)(H,38,40)(H,39,42)/t22?,30-/m0/s1. The molecule has 0 saturated carbocycles. The van der Waals surface area contributed by atoms with E-state index in [9.17, 15) is 14.4 Å². The number of ether oxygens (including phenoxy) is 1. The molecule has 9 nitrogen and oxygen atoms in total. The van der Waals surface area contributed by atoms with Gasteiger partial charge in [0.25, 0.3) is 0 Å². The first-order valence-electron chi connectivity index (χ1n) is 15.5. The molecule has 0 aromatic heterocycles. The Bertz CT molecular complexity index is 1510. The number of nitrogens with one attached hydrogen (secondary N) is 3. The number of carbonyl (C=O) groups excluding carboxylic acids is 3. The van der Waals surface area contributed by atoms with Crippen LogP contribution in [0.2, 0.25) is 0 Å². The molecule has 0 bridgehead atoms. The molecule has 236 valence electrons. The highest BCUT2D eigenvalue weighted by Crippen LogP contribution is 2.44. The monoisotopic (exact) mass is 611 g/mol. The summed E-state index contributed by atoms with van der Waals surface area (Å²) in [5.41, 5.74) is 4.98. The Hall–Kier alpha value is -4.15. The van der Waals surface area contributed by atoms with Crippen molar-refractivity contribution >= 4 is 36.2 Å². The molecule has 3 aromatic carbocycles. The van der Waals surface area contributed by atoms with E-state index in [-0.39, 0.29) is 18.4 Å². The highest BCUT2D eigenvalue weighted by atomic mass is 16.7. The third-order valence-corrected chi connectivity index (χ3v) is 9.02. The summed E-state index contributed by atoms with van der Waals surface area (Å²) in [6, 6.07) is 21.7. The molecule has 2 atom stereocenters. The van der Waals surface area contributed by atoms with Crippen molar-refractivity contribution in [2.45, 2.75) is 77.7 Å². The van der Waals surface area contributed by atoms with Crippen LogP contribution in [0, 0.1) is 5.92 Å². The van der Waals surface area contributed by atoms with Gasteiger partial charge in [0, 0.05) is 11.6 Å². The van der Waals surface area contributed by atoms with Gasteiger partial charge in [0.05, 0.1) is 11.2 Å². The second kappa shape index (κ2) is 12.7. The minimum Gasteiger partial charge on any atom is -0.449 e. The largest absolute Gasteiger partial charge is 0.494 e. The van der Waals surface area contributed by atoms with Crippen LogP contribution in [-0.4, -0.2) is 54.9 Å². The molecule has 1 fully saturated rings. The van der Waals surface area contributed by atoms with E-state index in [1.807, 2.05) is 90.1 Å². The summed E-state index contributed by atoms with van der Waals surface area (Å²) < 4.78 is 17.8. The van der Waals surface area contributed by atoms with E-state index in [0.717, 1.165) is 27.7 Å². The maximum atomic E-state index is 13.2. The topological polar surface area (TPSA) is 115 Å². The van der Waals surface area contributed by atoms with Crippen LogP contribution >= 0.6 is 0 Å². The first kappa shape index (κ1) is 32.3. The summed E-state index contributed by atoms with van der Waals surface area (Å²) in [7, 11) is -0.505. The smallest absolute Gasteiger partial charge is 0.449 e. The molecule has 1 saturated heterocycles. The van der Waals surface area contributed by atoms with Gasteiger partial charge in [-0.2, -0.15) is 0 Å². The number of alkyl carbamates (subject to hydrolysis) is 1. The van der Waals surface area contributed by atoms with Gasteiger partial charge >= 0.3 is 13.2 Å². The van der Waals surface area contributed by atoms with Gasteiger partial charge in [0.2, 0.25) is 11.8 Å². The van der Waals surface area contributed by atoms with Gasteiger partial charge < -0.3 is 30.0 Å². The Kier molecular flexibility index (Phi) is 9.10. The fraction of sp³-hybridized carbons (Fsp3) is 0.400. The van der Waals surface area contributed by atoms with Gasteiger partial charge in [0.1, 0.15) is 18.7 Å². The Morgan fingerprint density at radius 3 is 1.84 bits per heavy atom. The molecule has 0 spiro atoms. The molecule has 2 aliphatic rings. The summed E-state index contributed by atoms with van der Waals surface area (Å²) in [5.74, 6) is -1.21. The number of anilines is 1. The molecule has 10 heteroatoms. The summed E-state index contributed by atoms with van der Waals surface area (Å²) >= 11 is 0. The van der Waals surface area contributed by atoms with Crippen molar-refractivity contribution < 1.29 is 28.4 Å². The molecule has 45 heavy (non-hydrogen) atoms. The molecule has 1 unspecified atom stereocenters. The van der Waals surface area contributed by atoms with E-state index >= 15 is 0 Å². The van der Waals surface area contributed by atoms with Crippen LogP contribution < -0.4 is 21.4 Å². The van der Waals surface area contributed by atoms with Crippen molar-refractivity contribution in [2.24, 2.45) is 5.92 Å². The summed E-state index contributed by atoms with van der Waals surface area (Å²) in [6.07, 6.45) is -0.690. The van der Waals surface area contributed by atoms with Gasteiger partial charge in [0.15, 0.2) is 0 Å². The second-order valence-corrected chi connectivity index (χ2v) is 13.1. The number of hydrogen-bond acceptors (Lipinski definition) is 6. The average Bonchev–Trinajstić information content (AvgIpc) is 3.43. The number of rotatable bonds is 9. The van der Waals surface area contributed by atoms with Crippen LogP contribution in [0.25, 0.3) is 11.1 Å². The molecular formula is C35H42BN3O6. The van der Waals surface area contributed by atoms with Gasteiger partial charge in [-0.1, -0.05) is 74.5 Å². The van der Waals surface area contributed by atoms with Crippen molar-refractivity contribution in [3.8, 4) is 11.1 Å². The quantitative estimate of drug-likeness (QED) is 0.294. The summed E-state index contributed by atoms with van der Waals surface area (Å²) in [6.45, 7) is 13.3. The van der Waals surface area contributed by atoms with E-state index in [1.54, 1.807) is 19.1 Å². The first-order chi connectivity index (χ1) is 21.3. The lowest BCUT2D eigenvalue weighted by Gasteiger charge is -2.32. The summed E-state index contributed by atoms with van der Waals surface area (Å²) in [5, 5.41) is 8.25. The first-order valence-corrected chi connectivity index (χ1v) is 15.5. The zero-order chi connectivity index (χ0) is 32.5. The number of benzene rings is 3. The third-order valence-electron chi connectivity index (χ3n) is 9.02. The van der Waals surface area contributed by atoms with Crippen molar-refractivity contribution in [1.82, 2.24) is 10.6 Å². The van der Waals surface area contributed by atoms with Crippen LogP contribution in [0.15, 0.2) is 72.8 Å². The average molecular weight is 612 g/mol. The van der Waals surface area contributed by atoms with Crippen LogP contribution in [-0.2, 0) is 23.6 Å². The molecule has 0 radical (unpaired) electrons. The lowest BCUT2D eigenvalue weighted by molar-refractivity contribution is -0.128. The Morgan fingerprint density at radius 1 is 0.778 bits per heavy atom. The second-order valence-electron chi connectivity index (χ2n) is 13.1. The zero-order valence-corrected chi connectivity index (χ0v) is 27.0. The summed E-state index contributed by atoms with van der Waals surface area (Å²) in [4.78, 5) is 39.0. The molecule has 3 amide bonds. The molecule has 1 aliphatic heterocycles. The van der Waals surface area contributed by atoms with Gasteiger partial charge in [-0.3, -0.25) is 9.59 Å². The Labute approximate surface area is 265 Å². The third kappa shape index (κ3) is 6.77. The zero-order valence-electron chi connectivity index (χ0n) is 27.0. The van der Waals surface area contributed by atoms with E-state index in [4.69, 9.17) is 14.0 Å². The lowest BCUT2D eigenvalue weighted by atomic mass is 9.79. The van der Waals surface area contributed by atoms with Crippen molar-refractivity contribution in [2.75, 3.05) is 11.9 Å². The van der Waals surface area contributed by atoms with Crippen LogP contribution in [0.1, 0.15) is 65.5 Å². The minimum atomic E-state index is -0.893. The fourth-order valence-electron chi connectivity index (χ4n) is 5.62. The SMILES string of the molecule is CC(NC(=O)[C@@H](NC(=O)OCC1c2ccccc2-c2ccccc21)C(C)C)C(=O)Nc1ccc(B2OC(C)(C)C(C)(C)O2)cc1. The molecule has 1 aliphatic carbocycles. The van der Waals surface area contributed by atoms with Crippen LogP contribution in [0.4, 0.5) is 10.5 Å². The van der Waals surface area contributed by atoms with Gasteiger partial charge in [-0.15, -0.1) is 0 Å². The molecule has 3 aromatic rings. The molecular weight excluding hydrogens is 569 g/mol. The Balaban J connectivity index is 1.13. The number of carbonyl (C=O) groups is 3. The van der Waals surface area contributed by atoms with E-state index in [2.05, 4.69) is 28.1 Å². The van der Waals surface area contributed by atoms with Crippen LogP contribution in [0.3, 0.4) is 0 Å². The molecule has 5 rings (SSSR count). The van der Waals surface area contributed by atoms with Gasteiger partial charge in [-0.25, -0.2) is 4.79 Å². The lowest BCUT2D eigenvalue weighted by Crippen LogP contribution is -2.53. The maximum absolute atomic E-state index is 13.2. The highest BCUT2D eigenvalue weighted by Gasteiger charge is 2.51. The van der Waals surface area contributed by atoms with Crippen molar-refractivity contribution in [1.29, 1.82) is 0 Å². The fourth-order valence-corrected chi connectivity index (χ4v) is 5.62. The predicted octanol–water partition coefficient (Wildman–Crippen LogP) is 4.99. The normalized spacial score (nSPS) is 17.6. The number of amides is 3. The van der Waals surface area contributed by atoms with E-state index in [0.29, 0.717) is 5.69 Å². The van der Waals surface area contributed by atoms with Gasteiger partial charge in [-0.05, 0) is 80.4 Å².